The molecule has 1 aromatic carbocycles. The van der Waals surface area contributed by atoms with E-state index in [0.717, 1.165) is 53.4 Å². The van der Waals surface area contributed by atoms with Crippen LogP contribution in [0, 0.1) is 6.92 Å². The number of hydrogen-bond donors (Lipinski definition) is 1. The lowest BCUT2D eigenvalue weighted by Gasteiger charge is -2.13. The van der Waals surface area contributed by atoms with Gasteiger partial charge in [0.1, 0.15) is 5.65 Å². The lowest BCUT2D eigenvalue weighted by molar-refractivity contribution is 0.102. The third-order valence-corrected chi connectivity index (χ3v) is 6.61. The van der Waals surface area contributed by atoms with E-state index in [9.17, 15) is 4.79 Å². The van der Waals surface area contributed by atoms with Crippen molar-refractivity contribution in [2.45, 2.75) is 32.6 Å². The van der Waals surface area contributed by atoms with Gasteiger partial charge in [0.25, 0.3) is 5.91 Å². The van der Waals surface area contributed by atoms with Gasteiger partial charge in [-0.1, -0.05) is 24.3 Å². The fourth-order valence-electron chi connectivity index (χ4n) is 4.60. The van der Waals surface area contributed by atoms with Crippen LogP contribution in [0.1, 0.15) is 52.3 Å². The summed E-state index contributed by atoms with van der Waals surface area (Å²) in [6.45, 7) is 5.72. The summed E-state index contributed by atoms with van der Waals surface area (Å²) >= 11 is 0. The number of anilines is 1. The maximum atomic E-state index is 12.8. The number of carbonyl (C=O) groups is 1. The summed E-state index contributed by atoms with van der Waals surface area (Å²) in [6.07, 6.45) is 12.4. The van der Waals surface area contributed by atoms with Gasteiger partial charge in [-0.25, -0.2) is 4.98 Å². The molecule has 1 N–H and O–H groups in total. The molecule has 0 spiro atoms. The number of aryl methyl sites for hydroxylation is 2. The maximum Gasteiger partial charge on any atom is 0.255 e. The average Bonchev–Trinajstić information content (AvgIpc) is 3.52. The fraction of sp³-hybridized carbons (Fsp3) is 0.276. The Morgan fingerprint density at radius 1 is 1.03 bits per heavy atom. The van der Waals surface area contributed by atoms with Crippen LogP contribution in [0.25, 0.3) is 17.8 Å². The summed E-state index contributed by atoms with van der Waals surface area (Å²) in [5, 5.41) is 3.02. The summed E-state index contributed by atoms with van der Waals surface area (Å²) in [5.41, 5.74) is 6.48. The average molecular weight is 466 g/mol. The molecule has 0 unspecified atom stereocenters. The number of aromatic nitrogens is 3. The molecule has 0 saturated carbocycles. The molecule has 0 aliphatic carbocycles. The highest BCUT2D eigenvalue weighted by atomic mass is 16.1. The number of nitrogens with one attached hydrogen (secondary N) is 1. The summed E-state index contributed by atoms with van der Waals surface area (Å²) in [6, 6.07) is 17.2. The van der Waals surface area contributed by atoms with Crippen molar-refractivity contribution < 1.29 is 4.79 Å². The highest BCUT2D eigenvalue weighted by Crippen LogP contribution is 2.19. The molecule has 6 heteroatoms. The summed E-state index contributed by atoms with van der Waals surface area (Å²) < 4.78 is 2.08. The molecular formula is C29H31N5O. The number of fused-ring (bicyclic) bond motifs is 1. The van der Waals surface area contributed by atoms with Gasteiger partial charge in [-0.15, -0.1) is 0 Å². The molecule has 0 atom stereocenters. The molecular weight excluding hydrogens is 434 g/mol. The van der Waals surface area contributed by atoms with Gasteiger partial charge in [-0.3, -0.25) is 9.78 Å². The largest absolute Gasteiger partial charge is 0.321 e. The number of amides is 1. The Kier molecular flexibility index (Phi) is 7.00. The predicted octanol–water partition coefficient (Wildman–Crippen LogP) is 5.49. The van der Waals surface area contributed by atoms with E-state index >= 15 is 0 Å². The third kappa shape index (κ3) is 5.66. The molecule has 178 valence electrons. The number of carbonyl (C=O) groups excluding carboxylic acids is 1. The van der Waals surface area contributed by atoms with E-state index in [1.807, 2.05) is 72.9 Å². The summed E-state index contributed by atoms with van der Waals surface area (Å²) in [4.78, 5) is 24.5. The zero-order valence-electron chi connectivity index (χ0n) is 20.2. The molecule has 0 bridgehead atoms. The van der Waals surface area contributed by atoms with E-state index in [1.165, 1.54) is 25.9 Å². The summed E-state index contributed by atoms with van der Waals surface area (Å²) in [5.74, 6) is -0.131. The monoisotopic (exact) mass is 465 g/mol. The molecule has 1 aliphatic heterocycles. The van der Waals surface area contributed by atoms with E-state index in [4.69, 9.17) is 4.98 Å². The maximum absolute atomic E-state index is 12.8. The van der Waals surface area contributed by atoms with Crippen molar-refractivity contribution in [3.05, 3.63) is 95.2 Å². The van der Waals surface area contributed by atoms with E-state index in [-0.39, 0.29) is 5.91 Å². The molecule has 6 nitrogen and oxygen atoms in total. The number of likely N-dealkylation sites (tertiary alicyclic amines) is 1. The van der Waals surface area contributed by atoms with Crippen molar-refractivity contribution in [1.82, 2.24) is 19.3 Å². The first-order chi connectivity index (χ1) is 17.2. The van der Waals surface area contributed by atoms with Gasteiger partial charge in [0.2, 0.25) is 0 Å². The first-order valence-corrected chi connectivity index (χ1v) is 12.4. The highest BCUT2D eigenvalue weighted by Gasteiger charge is 2.13. The SMILES string of the molecule is Cc1c(CCCN2CCCC2)nc2ccc(NC(=O)c3ccc(/C=C/c4ccccn4)cc3)cn12. The Balaban J connectivity index is 1.22. The minimum atomic E-state index is -0.131. The zero-order valence-corrected chi connectivity index (χ0v) is 20.2. The van der Waals surface area contributed by atoms with Crippen molar-refractivity contribution in [1.29, 1.82) is 0 Å². The molecule has 3 aromatic heterocycles. The fourth-order valence-corrected chi connectivity index (χ4v) is 4.60. The van der Waals surface area contributed by atoms with Gasteiger partial charge < -0.3 is 14.6 Å². The molecule has 4 aromatic rings. The quantitative estimate of drug-likeness (QED) is 0.374. The minimum absolute atomic E-state index is 0.131. The van der Waals surface area contributed by atoms with Crippen molar-refractivity contribution in [2.24, 2.45) is 0 Å². The number of imidazole rings is 1. The molecule has 1 saturated heterocycles. The molecule has 0 radical (unpaired) electrons. The second-order valence-electron chi connectivity index (χ2n) is 9.11. The first kappa shape index (κ1) is 23.0. The van der Waals surface area contributed by atoms with Crippen LogP contribution in [0.4, 0.5) is 5.69 Å². The number of benzene rings is 1. The van der Waals surface area contributed by atoms with Crippen molar-refractivity contribution in [2.75, 3.05) is 25.0 Å². The molecule has 1 amide bonds. The normalized spacial score (nSPS) is 14.2. The van der Waals surface area contributed by atoms with Crippen LogP contribution in [0.5, 0.6) is 0 Å². The number of hydrogen-bond acceptors (Lipinski definition) is 4. The van der Waals surface area contributed by atoms with Crippen molar-refractivity contribution >= 4 is 29.4 Å². The zero-order chi connectivity index (χ0) is 24.0. The van der Waals surface area contributed by atoms with Crippen LogP contribution in [-0.2, 0) is 6.42 Å². The van der Waals surface area contributed by atoms with Crippen LogP contribution in [-0.4, -0.2) is 44.8 Å². The number of pyridine rings is 2. The topological polar surface area (TPSA) is 62.5 Å². The van der Waals surface area contributed by atoms with E-state index in [2.05, 4.69) is 26.5 Å². The summed E-state index contributed by atoms with van der Waals surface area (Å²) in [7, 11) is 0. The molecule has 35 heavy (non-hydrogen) atoms. The van der Waals surface area contributed by atoms with Gasteiger partial charge in [0.15, 0.2) is 0 Å². The van der Waals surface area contributed by atoms with E-state index < -0.39 is 0 Å². The Bertz CT molecular complexity index is 1320. The Labute approximate surface area is 206 Å². The highest BCUT2D eigenvalue weighted by molar-refractivity contribution is 6.04. The van der Waals surface area contributed by atoms with Gasteiger partial charge in [0, 0.05) is 23.7 Å². The minimum Gasteiger partial charge on any atom is -0.321 e. The Morgan fingerprint density at radius 2 is 1.86 bits per heavy atom. The lowest BCUT2D eigenvalue weighted by atomic mass is 10.1. The van der Waals surface area contributed by atoms with Crippen LogP contribution in [0.3, 0.4) is 0 Å². The van der Waals surface area contributed by atoms with E-state index in [0.29, 0.717) is 5.56 Å². The van der Waals surface area contributed by atoms with Gasteiger partial charge in [-0.2, -0.15) is 0 Å². The van der Waals surface area contributed by atoms with Gasteiger partial charge in [-0.05, 0) is 100 Å². The van der Waals surface area contributed by atoms with Crippen LogP contribution >= 0.6 is 0 Å². The van der Waals surface area contributed by atoms with Gasteiger partial charge in [0.05, 0.1) is 17.1 Å². The lowest BCUT2D eigenvalue weighted by Crippen LogP contribution is -2.20. The Hall–Kier alpha value is -3.77. The van der Waals surface area contributed by atoms with Crippen LogP contribution < -0.4 is 5.32 Å². The first-order valence-electron chi connectivity index (χ1n) is 12.4. The third-order valence-electron chi connectivity index (χ3n) is 6.61. The van der Waals surface area contributed by atoms with Crippen molar-refractivity contribution in [3.8, 4) is 0 Å². The van der Waals surface area contributed by atoms with E-state index in [1.54, 1.807) is 6.20 Å². The molecule has 1 aliphatic rings. The van der Waals surface area contributed by atoms with Crippen molar-refractivity contribution in [3.63, 3.8) is 0 Å². The number of rotatable bonds is 8. The Morgan fingerprint density at radius 3 is 2.63 bits per heavy atom. The molecule has 4 heterocycles. The predicted molar refractivity (Wildman–Crippen MR) is 141 cm³/mol. The standard InChI is InChI=1S/C29H31N5O/c1-22-27(8-6-20-33-18-4-5-19-33)32-28-16-15-26(21-34(22)28)31-29(35)24-12-9-23(10-13-24)11-14-25-7-2-3-17-30-25/h2-3,7,9-17,21H,4-6,8,18-20H2,1H3,(H,31,35)/b14-11+. The molecule has 1 fully saturated rings. The van der Waals surface area contributed by atoms with Crippen LogP contribution in [0.15, 0.2) is 67.0 Å². The van der Waals surface area contributed by atoms with Gasteiger partial charge >= 0.3 is 0 Å². The molecule has 5 rings (SSSR count). The second-order valence-corrected chi connectivity index (χ2v) is 9.11. The van der Waals surface area contributed by atoms with Crippen LogP contribution in [0.2, 0.25) is 0 Å². The second kappa shape index (κ2) is 10.7. The number of nitrogens with zero attached hydrogens (tertiary/aromatic N) is 4. The smallest absolute Gasteiger partial charge is 0.255 e.